The summed E-state index contributed by atoms with van der Waals surface area (Å²) >= 11 is 0. The summed E-state index contributed by atoms with van der Waals surface area (Å²) in [4.78, 5) is 25.7. The minimum atomic E-state index is -0.780. The lowest BCUT2D eigenvalue weighted by Gasteiger charge is -2.50. The maximum absolute atomic E-state index is 13.3. The first-order chi connectivity index (χ1) is 14.7. The quantitative estimate of drug-likeness (QED) is 0.493. The maximum Gasteiger partial charge on any atom is 0.408 e. The molecule has 0 aromatic carbocycles. The van der Waals surface area contributed by atoms with Crippen LogP contribution in [-0.4, -0.2) is 45.8 Å². The van der Waals surface area contributed by atoms with Crippen LogP contribution in [0.25, 0.3) is 0 Å². The zero-order valence-corrected chi connectivity index (χ0v) is 23.0. The Hall–Kier alpha value is -1.60. The molecule has 0 aromatic heterocycles. The van der Waals surface area contributed by atoms with Gasteiger partial charge in [-0.2, -0.15) is 0 Å². The van der Waals surface area contributed by atoms with Gasteiger partial charge in [-0.3, -0.25) is 4.79 Å². The smallest absolute Gasteiger partial charge is 0.408 e. The molecular formula is C26H48N3O4. The average Bonchev–Trinajstić information content (AvgIpc) is 2.55. The largest absolute Gasteiger partial charge is 0.444 e. The Kier molecular flexibility index (Phi) is 9.23. The number of hydrogen-bond donors (Lipinski definition) is 2. The summed E-state index contributed by atoms with van der Waals surface area (Å²) in [6, 6.07) is -0.305. The third-order valence-corrected chi connectivity index (χ3v) is 6.05. The van der Waals surface area contributed by atoms with E-state index in [4.69, 9.17) is 4.74 Å². The molecule has 1 aliphatic heterocycles. The number of ether oxygens (including phenoxy) is 1. The SMILES string of the molecule is C/C(=C\C(C)(C)C(=O)NC1CC(C)(C)N([O])C(C)(C)C1)[C@@H](CC(C)C)NC(=O)OC(C)(C)C. The Morgan fingerprint density at radius 2 is 1.55 bits per heavy atom. The fraction of sp³-hybridized carbons (Fsp3) is 0.846. The van der Waals surface area contributed by atoms with Gasteiger partial charge in [0.1, 0.15) is 5.60 Å². The Balaban J connectivity index is 3.00. The molecule has 1 saturated heterocycles. The lowest BCUT2D eigenvalue weighted by molar-refractivity contribution is -0.290. The monoisotopic (exact) mass is 466 g/mol. The first kappa shape index (κ1) is 29.4. The van der Waals surface area contributed by atoms with Crippen LogP contribution >= 0.6 is 0 Å². The number of hydroxylamine groups is 2. The van der Waals surface area contributed by atoms with Crippen LogP contribution in [0.3, 0.4) is 0 Å². The van der Waals surface area contributed by atoms with Crippen molar-refractivity contribution in [2.24, 2.45) is 11.3 Å². The van der Waals surface area contributed by atoms with E-state index in [1.165, 1.54) is 0 Å². The van der Waals surface area contributed by atoms with Gasteiger partial charge < -0.3 is 15.4 Å². The molecule has 1 rings (SSSR count). The van der Waals surface area contributed by atoms with Crippen molar-refractivity contribution in [3.63, 3.8) is 0 Å². The molecule has 2 N–H and O–H groups in total. The van der Waals surface area contributed by atoms with Gasteiger partial charge in [0.05, 0.1) is 11.5 Å². The van der Waals surface area contributed by atoms with Crippen LogP contribution < -0.4 is 10.6 Å². The van der Waals surface area contributed by atoms with E-state index in [2.05, 4.69) is 24.5 Å². The summed E-state index contributed by atoms with van der Waals surface area (Å²) in [5.41, 5.74) is -1.53. The van der Waals surface area contributed by atoms with E-state index in [0.29, 0.717) is 18.8 Å². The number of rotatable bonds is 7. The zero-order chi connectivity index (χ0) is 26.0. The number of piperidine rings is 1. The van der Waals surface area contributed by atoms with Crippen LogP contribution in [0.2, 0.25) is 0 Å². The van der Waals surface area contributed by atoms with Crippen LogP contribution in [0.1, 0.15) is 102 Å². The highest BCUT2D eigenvalue weighted by Crippen LogP contribution is 2.37. The highest BCUT2D eigenvalue weighted by Gasteiger charge is 2.47. The van der Waals surface area contributed by atoms with Crippen molar-refractivity contribution >= 4 is 12.0 Å². The van der Waals surface area contributed by atoms with E-state index >= 15 is 0 Å². The Morgan fingerprint density at radius 3 is 1.97 bits per heavy atom. The second-order valence-corrected chi connectivity index (χ2v) is 12.9. The normalized spacial score (nSPS) is 21.0. The molecule has 7 heteroatoms. The Bertz CT molecular complexity index is 714. The molecule has 0 spiro atoms. The van der Waals surface area contributed by atoms with Crippen molar-refractivity contribution in [3.05, 3.63) is 11.6 Å². The lowest BCUT2D eigenvalue weighted by Crippen LogP contribution is -2.63. The highest BCUT2D eigenvalue weighted by atomic mass is 16.6. The molecule has 0 bridgehead atoms. The molecule has 1 radical (unpaired) electrons. The molecule has 0 aromatic rings. The summed E-state index contributed by atoms with van der Waals surface area (Å²) in [6.07, 6.45) is 3.41. The van der Waals surface area contributed by atoms with Crippen molar-refractivity contribution in [1.29, 1.82) is 0 Å². The first-order valence-electron chi connectivity index (χ1n) is 12.1. The molecule has 1 heterocycles. The van der Waals surface area contributed by atoms with Crippen LogP contribution in [0.15, 0.2) is 11.6 Å². The number of alkyl carbamates (subject to hydrolysis) is 1. The number of carbonyl (C=O) groups excluding carboxylic acids is 2. The standard InChI is InChI=1S/C26H48N3O4/c1-17(2)13-20(28-22(31)33-23(4,5)6)18(3)14-24(7,8)21(30)27-19-15-25(9,10)29(32)26(11,12)16-19/h14,17,19-20H,13,15-16H2,1-12H3,(H,27,30)(H,28,31)/b18-14+/t20-/m1/s1. The second-order valence-electron chi connectivity index (χ2n) is 12.9. The molecule has 0 unspecified atom stereocenters. The molecular weight excluding hydrogens is 418 g/mol. The third-order valence-electron chi connectivity index (χ3n) is 6.05. The van der Waals surface area contributed by atoms with Gasteiger partial charge in [0.25, 0.3) is 0 Å². The lowest BCUT2D eigenvalue weighted by atomic mass is 9.78. The summed E-state index contributed by atoms with van der Waals surface area (Å²) in [7, 11) is 0. The zero-order valence-electron chi connectivity index (χ0n) is 23.0. The van der Waals surface area contributed by atoms with Crippen LogP contribution in [-0.2, 0) is 14.7 Å². The van der Waals surface area contributed by atoms with Gasteiger partial charge in [0.15, 0.2) is 0 Å². The molecule has 7 nitrogen and oxygen atoms in total. The third kappa shape index (κ3) is 8.93. The fourth-order valence-corrected chi connectivity index (χ4v) is 4.75. The van der Waals surface area contributed by atoms with Gasteiger partial charge in [-0.05, 0) is 94.4 Å². The molecule has 2 amide bonds. The van der Waals surface area contributed by atoms with Gasteiger partial charge in [0.2, 0.25) is 5.91 Å². The summed E-state index contributed by atoms with van der Waals surface area (Å²) in [5.74, 6) is 0.269. The predicted octanol–water partition coefficient (Wildman–Crippen LogP) is 5.38. The highest BCUT2D eigenvalue weighted by molar-refractivity contribution is 5.84. The average molecular weight is 467 g/mol. The van der Waals surface area contributed by atoms with Crippen molar-refractivity contribution in [3.8, 4) is 0 Å². The van der Waals surface area contributed by atoms with Crippen molar-refractivity contribution in [1.82, 2.24) is 15.7 Å². The Labute approximate surface area is 201 Å². The van der Waals surface area contributed by atoms with E-state index in [0.717, 1.165) is 17.1 Å². The van der Waals surface area contributed by atoms with E-state index in [-0.39, 0.29) is 18.0 Å². The summed E-state index contributed by atoms with van der Waals surface area (Å²) in [5, 5.41) is 20.0. The molecule has 0 saturated carbocycles. The van der Waals surface area contributed by atoms with Gasteiger partial charge in [-0.25, -0.2) is 4.79 Å². The molecule has 1 atom stereocenters. The maximum atomic E-state index is 13.3. The van der Waals surface area contributed by atoms with Gasteiger partial charge in [0, 0.05) is 17.1 Å². The number of nitrogens with one attached hydrogen (secondary N) is 2. The van der Waals surface area contributed by atoms with Gasteiger partial charge >= 0.3 is 6.09 Å². The summed E-state index contributed by atoms with van der Waals surface area (Å²) in [6.45, 7) is 23.1. The molecule has 0 aliphatic carbocycles. The van der Waals surface area contributed by atoms with Crippen molar-refractivity contribution in [2.75, 3.05) is 0 Å². The van der Waals surface area contributed by atoms with Gasteiger partial charge in [-0.15, -0.1) is 10.3 Å². The number of carbonyl (C=O) groups is 2. The van der Waals surface area contributed by atoms with Crippen molar-refractivity contribution in [2.45, 2.75) is 131 Å². The Morgan fingerprint density at radius 1 is 1.06 bits per heavy atom. The van der Waals surface area contributed by atoms with E-state index < -0.39 is 28.2 Å². The first-order valence-corrected chi connectivity index (χ1v) is 12.1. The predicted molar refractivity (Wildman–Crippen MR) is 132 cm³/mol. The minimum absolute atomic E-state index is 0.0768. The number of nitrogens with zero attached hydrogens (tertiary/aromatic N) is 1. The molecule has 1 fully saturated rings. The van der Waals surface area contributed by atoms with E-state index in [1.807, 2.05) is 75.3 Å². The van der Waals surface area contributed by atoms with Crippen LogP contribution in [0, 0.1) is 11.3 Å². The van der Waals surface area contributed by atoms with Crippen LogP contribution in [0.4, 0.5) is 4.79 Å². The van der Waals surface area contributed by atoms with Crippen LogP contribution in [0.5, 0.6) is 0 Å². The molecule has 1 aliphatic rings. The number of amides is 2. The topological polar surface area (TPSA) is 90.6 Å². The molecule has 33 heavy (non-hydrogen) atoms. The molecule has 191 valence electrons. The van der Waals surface area contributed by atoms with Crippen molar-refractivity contribution < 1.29 is 19.5 Å². The minimum Gasteiger partial charge on any atom is -0.444 e. The number of hydrogen-bond acceptors (Lipinski definition) is 4. The fourth-order valence-electron chi connectivity index (χ4n) is 4.75. The summed E-state index contributed by atoms with van der Waals surface area (Å²) < 4.78 is 5.44. The van der Waals surface area contributed by atoms with Gasteiger partial charge in [-0.1, -0.05) is 25.5 Å². The second kappa shape index (κ2) is 10.3. The van der Waals surface area contributed by atoms with E-state index in [1.54, 1.807) is 0 Å². The van der Waals surface area contributed by atoms with E-state index in [9.17, 15) is 14.8 Å².